The summed E-state index contributed by atoms with van der Waals surface area (Å²) in [6, 6.07) is 0. The topological polar surface area (TPSA) is 17.1 Å². The molecule has 1 aliphatic carbocycles. The lowest BCUT2D eigenvalue weighted by atomic mass is 9.67. The third-order valence-electron chi connectivity index (χ3n) is 3.66. The molecule has 1 rings (SSSR count). The van der Waals surface area contributed by atoms with Crippen LogP contribution in [0.3, 0.4) is 0 Å². The Balaban J connectivity index is 2.61. The van der Waals surface area contributed by atoms with Crippen molar-refractivity contribution in [3.63, 3.8) is 0 Å². The fourth-order valence-electron chi connectivity index (χ4n) is 2.95. The first-order valence-corrected chi connectivity index (χ1v) is 6.05. The van der Waals surface area contributed by atoms with Crippen LogP contribution in [0.2, 0.25) is 0 Å². The summed E-state index contributed by atoms with van der Waals surface area (Å²) >= 11 is 0. The zero-order valence-corrected chi connectivity index (χ0v) is 9.88. The highest BCUT2D eigenvalue weighted by Gasteiger charge is 2.34. The van der Waals surface area contributed by atoms with Crippen LogP contribution in [0.1, 0.15) is 59.3 Å². The van der Waals surface area contributed by atoms with E-state index >= 15 is 0 Å². The summed E-state index contributed by atoms with van der Waals surface area (Å²) in [4.78, 5) is 11.3. The molecule has 0 aromatic heterocycles. The van der Waals surface area contributed by atoms with E-state index in [0.717, 1.165) is 6.42 Å². The molecule has 0 bridgehead atoms. The van der Waals surface area contributed by atoms with Gasteiger partial charge < -0.3 is 4.79 Å². The van der Waals surface area contributed by atoms with Crippen molar-refractivity contribution in [1.29, 1.82) is 0 Å². The van der Waals surface area contributed by atoms with Crippen LogP contribution in [-0.2, 0) is 4.79 Å². The van der Waals surface area contributed by atoms with E-state index < -0.39 is 0 Å². The minimum atomic E-state index is -0.0470. The van der Waals surface area contributed by atoms with Crippen LogP contribution in [0, 0.1) is 17.3 Å². The van der Waals surface area contributed by atoms with Crippen LogP contribution in [0.4, 0.5) is 0 Å². The molecule has 0 N–H and O–H groups in total. The first-order chi connectivity index (χ1) is 6.58. The highest BCUT2D eigenvalue weighted by molar-refractivity contribution is 5.59. The van der Waals surface area contributed by atoms with E-state index in [1.54, 1.807) is 0 Å². The maximum absolute atomic E-state index is 11.3. The van der Waals surface area contributed by atoms with E-state index in [-0.39, 0.29) is 5.41 Å². The third-order valence-corrected chi connectivity index (χ3v) is 3.66. The first kappa shape index (κ1) is 11.7. The Morgan fingerprint density at radius 3 is 2.29 bits per heavy atom. The van der Waals surface area contributed by atoms with E-state index in [4.69, 9.17) is 0 Å². The third kappa shape index (κ3) is 2.83. The molecule has 0 radical (unpaired) electrons. The van der Waals surface area contributed by atoms with Crippen molar-refractivity contribution in [2.75, 3.05) is 0 Å². The van der Waals surface area contributed by atoms with Crippen LogP contribution in [-0.4, -0.2) is 6.29 Å². The molecule has 0 aliphatic heterocycles. The van der Waals surface area contributed by atoms with Crippen LogP contribution in [0.15, 0.2) is 0 Å². The standard InChI is InChI=1S/C13H24O/c1-11(2)9-13(3,10-14)12-7-5-4-6-8-12/h10-12H,4-9H2,1-3H3. The fourth-order valence-corrected chi connectivity index (χ4v) is 2.95. The Hall–Kier alpha value is -0.330. The van der Waals surface area contributed by atoms with E-state index in [1.165, 1.54) is 38.4 Å². The van der Waals surface area contributed by atoms with Crippen molar-refractivity contribution in [2.45, 2.75) is 59.3 Å². The lowest BCUT2D eigenvalue weighted by molar-refractivity contribution is -0.119. The van der Waals surface area contributed by atoms with Gasteiger partial charge in [0.1, 0.15) is 6.29 Å². The van der Waals surface area contributed by atoms with Gasteiger partial charge in [0, 0.05) is 5.41 Å². The summed E-state index contributed by atoms with van der Waals surface area (Å²) in [6.45, 7) is 6.59. The molecule has 0 aromatic carbocycles. The number of aldehydes is 1. The molecule has 1 saturated carbocycles. The van der Waals surface area contributed by atoms with E-state index in [0.29, 0.717) is 11.8 Å². The van der Waals surface area contributed by atoms with Crippen molar-refractivity contribution in [2.24, 2.45) is 17.3 Å². The van der Waals surface area contributed by atoms with Crippen molar-refractivity contribution < 1.29 is 4.79 Å². The minimum Gasteiger partial charge on any atom is -0.303 e. The zero-order valence-electron chi connectivity index (χ0n) is 9.88. The molecule has 82 valence electrons. The normalized spacial score (nSPS) is 23.4. The second-order valence-corrected chi connectivity index (χ2v) is 5.56. The van der Waals surface area contributed by atoms with Gasteiger partial charge in [0.05, 0.1) is 0 Å². The molecule has 14 heavy (non-hydrogen) atoms. The number of carbonyl (C=O) groups excluding carboxylic acids is 1. The summed E-state index contributed by atoms with van der Waals surface area (Å²) in [5, 5.41) is 0. The molecule has 1 fully saturated rings. The molecule has 0 amide bonds. The van der Waals surface area contributed by atoms with Crippen LogP contribution < -0.4 is 0 Å². The van der Waals surface area contributed by atoms with Gasteiger partial charge in [0.15, 0.2) is 0 Å². The quantitative estimate of drug-likeness (QED) is 0.625. The Labute approximate surface area is 88.3 Å². The second-order valence-electron chi connectivity index (χ2n) is 5.56. The molecule has 0 spiro atoms. The van der Waals surface area contributed by atoms with Gasteiger partial charge in [-0.05, 0) is 31.1 Å². The summed E-state index contributed by atoms with van der Waals surface area (Å²) in [5.41, 5.74) is -0.0470. The average molecular weight is 196 g/mol. The van der Waals surface area contributed by atoms with E-state index in [2.05, 4.69) is 20.8 Å². The van der Waals surface area contributed by atoms with Gasteiger partial charge in [-0.3, -0.25) is 0 Å². The minimum absolute atomic E-state index is 0.0470. The van der Waals surface area contributed by atoms with Gasteiger partial charge in [0.2, 0.25) is 0 Å². The monoisotopic (exact) mass is 196 g/mol. The Kier molecular flexibility index (Phi) is 4.15. The molecule has 1 atom stereocenters. The smallest absolute Gasteiger partial charge is 0.126 e. The molecule has 0 saturated heterocycles. The lowest BCUT2D eigenvalue weighted by Gasteiger charge is -2.36. The Bertz CT molecular complexity index is 180. The van der Waals surface area contributed by atoms with Gasteiger partial charge in [-0.2, -0.15) is 0 Å². The van der Waals surface area contributed by atoms with Crippen LogP contribution >= 0.6 is 0 Å². The van der Waals surface area contributed by atoms with Crippen molar-refractivity contribution >= 4 is 6.29 Å². The molecular weight excluding hydrogens is 172 g/mol. The van der Waals surface area contributed by atoms with Gasteiger partial charge in [-0.15, -0.1) is 0 Å². The summed E-state index contributed by atoms with van der Waals surface area (Å²) in [6.07, 6.45) is 8.83. The largest absolute Gasteiger partial charge is 0.303 e. The average Bonchev–Trinajstić information content (AvgIpc) is 2.18. The first-order valence-electron chi connectivity index (χ1n) is 6.05. The summed E-state index contributed by atoms with van der Waals surface area (Å²) in [7, 11) is 0. The number of rotatable bonds is 4. The highest BCUT2D eigenvalue weighted by Crippen LogP contribution is 2.41. The van der Waals surface area contributed by atoms with Crippen molar-refractivity contribution in [3.05, 3.63) is 0 Å². The van der Waals surface area contributed by atoms with Crippen molar-refractivity contribution in [3.8, 4) is 0 Å². The number of hydrogen-bond donors (Lipinski definition) is 0. The second kappa shape index (κ2) is 4.95. The molecular formula is C13H24O. The van der Waals surface area contributed by atoms with Gasteiger partial charge in [-0.25, -0.2) is 0 Å². The predicted octanol–water partition coefficient (Wildman–Crippen LogP) is 3.82. The maximum atomic E-state index is 11.3. The predicted molar refractivity (Wildman–Crippen MR) is 60.2 cm³/mol. The maximum Gasteiger partial charge on any atom is 0.126 e. The summed E-state index contributed by atoms with van der Waals surface area (Å²) < 4.78 is 0. The van der Waals surface area contributed by atoms with E-state index in [1.807, 2.05) is 0 Å². The molecule has 0 heterocycles. The molecule has 1 unspecified atom stereocenters. The van der Waals surface area contributed by atoms with Crippen LogP contribution in [0.5, 0.6) is 0 Å². The SMILES string of the molecule is CC(C)CC(C)(C=O)C1CCCCC1. The van der Waals surface area contributed by atoms with Gasteiger partial charge in [-0.1, -0.05) is 40.0 Å². The number of hydrogen-bond acceptors (Lipinski definition) is 1. The number of carbonyl (C=O) groups is 1. The van der Waals surface area contributed by atoms with Gasteiger partial charge in [0.25, 0.3) is 0 Å². The zero-order chi connectivity index (χ0) is 10.6. The molecule has 1 heteroatoms. The molecule has 1 aliphatic rings. The highest BCUT2D eigenvalue weighted by atomic mass is 16.1. The molecule has 0 aromatic rings. The van der Waals surface area contributed by atoms with Crippen molar-refractivity contribution in [1.82, 2.24) is 0 Å². The van der Waals surface area contributed by atoms with E-state index in [9.17, 15) is 4.79 Å². The van der Waals surface area contributed by atoms with Gasteiger partial charge >= 0.3 is 0 Å². The van der Waals surface area contributed by atoms with Crippen LogP contribution in [0.25, 0.3) is 0 Å². The molecule has 1 nitrogen and oxygen atoms in total. The Morgan fingerprint density at radius 1 is 1.29 bits per heavy atom. The Morgan fingerprint density at radius 2 is 1.86 bits per heavy atom. The fraction of sp³-hybridized carbons (Fsp3) is 0.923. The summed E-state index contributed by atoms with van der Waals surface area (Å²) in [5.74, 6) is 1.28. The lowest BCUT2D eigenvalue weighted by Crippen LogP contribution is -2.32.